The molecule has 0 radical (unpaired) electrons. The fourth-order valence-electron chi connectivity index (χ4n) is 1.80. The average Bonchev–Trinajstić information content (AvgIpc) is 2.28. The van der Waals surface area contributed by atoms with Crippen molar-refractivity contribution in [1.29, 1.82) is 0 Å². The number of thiocarbonyl (C=S) groups is 1. The van der Waals surface area contributed by atoms with Crippen LogP contribution in [0.3, 0.4) is 0 Å². The first-order valence-corrected chi connectivity index (χ1v) is 7.67. The molecule has 0 bridgehead atoms. The van der Waals surface area contributed by atoms with E-state index >= 15 is 0 Å². The number of hydrogen-bond donors (Lipinski definition) is 1. The zero-order chi connectivity index (χ0) is 14.8. The first-order valence-electron chi connectivity index (χ1n) is 5.83. The van der Waals surface area contributed by atoms with Crippen molar-refractivity contribution in [3.05, 3.63) is 29.6 Å². The van der Waals surface area contributed by atoms with E-state index in [1.54, 1.807) is 20.8 Å². The zero-order valence-electron chi connectivity index (χ0n) is 11.1. The molecule has 0 atom stereocenters. The lowest BCUT2D eigenvalue weighted by Gasteiger charge is -2.24. The molecule has 4 nitrogen and oxygen atoms in total. The van der Waals surface area contributed by atoms with Crippen molar-refractivity contribution in [3.8, 4) is 0 Å². The summed E-state index contributed by atoms with van der Waals surface area (Å²) in [4.78, 5) is -0.172. The fourth-order valence-corrected chi connectivity index (χ4v) is 3.63. The summed E-state index contributed by atoms with van der Waals surface area (Å²) in [6, 6.07) is 3.28. The minimum atomic E-state index is -3.67. The lowest BCUT2D eigenvalue weighted by atomic mass is 10.2. The van der Waals surface area contributed by atoms with E-state index in [2.05, 4.69) is 0 Å². The number of sulfonamides is 1. The molecule has 1 aromatic rings. The molecule has 0 aliphatic heterocycles. The third-order valence-electron chi connectivity index (χ3n) is 2.70. The van der Waals surface area contributed by atoms with Crippen molar-refractivity contribution in [2.24, 2.45) is 5.73 Å². The Morgan fingerprint density at radius 3 is 2.47 bits per heavy atom. The number of rotatable bonds is 5. The van der Waals surface area contributed by atoms with Gasteiger partial charge >= 0.3 is 0 Å². The molecule has 0 spiro atoms. The molecular weight excluding hydrogens is 287 g/mol. The standard InChI is InChI=1S/C12H17FN2O2S2/c1-4-15(8(2)3)19(16,17)9-5-6-11(13)10(7-9)12(14)18/h5-8H,4H2,1-3H3,(H2,14,18). The van der Waals surface area contributed by atoms with Gasteiger partial charge in [-0.1, -0.05) is 19.1 Å². The van der Waals surface area contributed by atoms with Gasteiger partial charge in [0.2, 0.25) is 10.0 Å². The fraction of sp³-hybridized carbons (Fsp3) is 0.417. The highest BCUT2D eigenvalue weighted by atomic mass is 32.2. The van der Waals surface area contributed by atoms with Gasteiger partial charge in [0, 0.05) is 18.2 Å². The first-order chi connectivity index (χ1) is 8.71. The predicted octanol–water partition coefficient (Wildman–Crippen LogP) is 1.88. The van der Waals surface area contributed by atoms with Crippen LogP contribution in [-0.4, -0.2) is 30.3 Å². The maximum Gasteiger partial charge on any atom is 0.243 e. The van der Waals surface area contributed by atoms with Crippen molar-refractivity contribution in [2.45, 2.75) is 31.7 Å². The Morgan fingerprint density at radius 1 is 1.47 bits per heavy atom. The van der Waals surface area contributed by atoms with Crippen LogP contribution in [-0.2, 0) is 10.0 Å². The van der Waals surface area contributed by atoms with Gasteiger partial charge in [-0.3, -0.25) is 0 Å². The molecule has 0 unspecified atom stereocenters. The van der Waals surface area contributed by atoms with Gasteiger partial charge in [0.15, 0.2) is 0 Å². The van der Waals surface area contributed by atoms with Crippen molar-refractivity contribution in [2.75, 3.05) is 6.54 Å². The summed E-state index contributed by atoms with van der Waals surface area (Å²) in [7, 11) is -3.67. The highest BCUT2D eigenvalue weighted by Crippen LogP contribution is 2.20. The predicted molar refractivity (Wildman–Crippen MR) is 77.0 cm³/mol. The smallest absolute Gasteiger partial charge is 0.243 e. The maximum absolute atomic E-state index is 13.5. The molecule has 0 fully saturated rings. The summed E-state index contributed by atoms with van der Waals surface area (Å²) in [6.45, 7) is 5.63. The van der Waals surface area contributed by atoms with Crippen LogP contribution in [0.4, 0.5) is 4.39 Å². The molecule has 0 saturated heterocycles. The summed E-state index contributed by atoms with van der Waals surface area (Å²) < 4.78 is 39.6. The van der Waals surface area contributed by atoms with Gasteiger partial charge in [-0.25, -0.2) is 12.8 Å². The summed E-state index contributed by atoms with van der Waals surface area (Å²) in [5.74, 6) is -0.626. The second-order valence-electron chi connectivity index (χ2n) is 4.31. The van der Waals surface area contributed by atoms with Crippen LogP contribution in [0, 0.1) is 5.82 Å². The highest BCUT2D eigenvalue weighted by molar-refractivity contribution is 7.89. The molecule has 1 rings (SSSR count). The van der Waals surface area contributed by atoms with E-state index in [0.717, 1.165) is 6.07 Å². The largest absolute Gasteiger partial charge is 0.389 e. The molecule has 0 amide bonds. The third kappa shape index (κ3) is 3.29. The lowest BCUT2D eigenvalue weighted by Crippen LogP contribution is -2.36. The van der Waals surface area contributed by atoms with E-state index in [-0.39, 0.29) is 21.5 Å². The van der Waals surface area contributed by atoms with Crippen LogP contribution in [0.15, 0.2) is 23.1 Å². The van der Waals surface area contributed by atoms with Crippen LogP contribution in [0.2, 0.25) is 0 Å². The number of halogens is 1. The van der Waals surface area contributed by atoms with E-state index in [1.165, 1.54) is 16.4 Å². The zero-order valence-corrected chi connectivity index (χ0v) is 12.7. The van der Waals surface area contributed by atoms with Gasteiger partial charge in [-0.2, -0.15) is 4.31 Å². The Labute approximate surface area is 118 Å². The average molecular weight is 304 g/mol. The summed E-state index contributed by atoms with van der Waals surface area (Å²) >= 11 is 4.71. The Morgan fingerprint density at radius 2 is 2.05 bits per heavy atom. The molecule has 7 heteroatoms. The summed E-state index contributed by atoms with van der Waals surface area (Å²) in [6.07, 6.45) is 0. The van der Waals surface area contributed by atoms with Gasteiger partial charge in [0.1, 0.15) is 10.8 Å². The van der Waals surface area contributed by atoms with Gasteiger partial charge in [-0.05, 0) is 32.0 Å². The van der Waals surface area contributed by atoms with E-state index in [4.69, 9.17) is 18.0 Å². The molecule has 0 heterocycles. The molecule has 19 heavy (non-hydrogen) atoms. The van der Waals surface area contributed by atoms with Crippen LogP contribution < -0.4 is 5.73 Å². The summed E-state index contributed by atoms with van der Waals surface area (Å²) in [5, 5.41) is 0. The van der Waals surface area contributed by atoms with Gasteiger partial charge < -0.3 is 5.73 Å². The van der Waals surface area contributed by atoms with Crippen LogP contribution in [0.25, 0.3) is 0 Å². The van der Waals surface area contributed by atoms with Crippen molar-refractivity contribution in [3.63, 3.8) is 0 Å². The van der Waals surface area contributed by atoms with Crippen LogP contribution in [0.1, 0.15) is 26.3 Å². The Kier molecular flexibility index (Phi) is 5.00. The van der Waals surface area contributed by atoms with E-state index in [0.29, 0.717) is 6.54 Å². The maximum atomic E-state index is 13.5. The minimum Gasteiger partial charge on any atom is -0.389 e. The van der Waals surface area contributed by atoms with Crippen molar-refractivity contribution >= 4 is 27.2 Å². The van der Waals surface area contributed by atoms with Crippen LogP contribution in [0.5, 0.6) is 0 Å². The molecular formula is C12H17FN2O2S2. The summed E-state index contributed by atoms with van der Waals surface area (Å²) in [5.41, 5.74) is 5.32. The third-order valence-corrected chi connectivity index (χ3v) is 5.06. The Hall–Kier alpha value is -1.05. The molecule has 1 aromatic carbocycles. The Bertz CT molecular complexity index is 585. The second kappa shape index (κ2) is 5.94. The minimum absolute atomic E-state index is 0.00718. The quantitative estimate of drug-likeness (QED) is 0.844. The topological polar surface area (TPSA) is 63.4 Å². The van der Waals surface area contributed by atoms with Gasteiger partial charge in [0.05, 0.1) is 4.90 Å². The van der Waals surface area contributed by atoms with E-state index in [9.17, 15) is 12.8 Å². The van der Waals surface area contributed by atoms with E-state index < -0.39 is 15.8 Å². The van der Waals surface area contributed by atoms with Crippen molar-refractivity contribution < 1.29 is 12.8 Å². The Balaban J connectivity index is 3.37. The van der Waals surface area contributed by atoms with Gasteiger partial charge in [-0.15, -0.1) is 0 Å². The molecule has 106 valence electrons. The van der Waals surface area contributed by atoms with Crippen LogP contribution >= 0.6 is 12.2 Å². The number of hydrogen-bond acceptors (Lipinski definition) is 3. The molecule has 0 saturated carbocycles. The first kappa shape index (κ1) is 16.0. The number of nitrogens with two attached hydrogens (primary N) is 1. The molecule has 0 aliphatic carbocycles. The lowest BCUT2D eigenvalue weighted by molar-refractivity contribution is 0.369. The normalized spacial score (nSPS) is 12.1. The highest BCUT2D eigenvalue weighted by Gasteiger charge is 2.26. The van der Waals surface area contributed by atoms with Crippen molar-refractivity contribution in [1.82, 2.24) is 4.31 Å². The number of nitrogens with zero attached hydrogens (tertiary/aromatic N) is 1. The van der Waals surface area contributed by atoms with Gasteiger partial charge in [0.25, 0.3) is 0 Å². The monoisotopic (exact) mass is 304 g/mol. The second-order valence-corrected chi connectivity index (χ2v) is 6.64. The molecule has 0 aromatic heterocycles. The number of benzene rings is 1. The molecule has 2 N–H and O–H groups in total. The van der Waals surface area contributed by atoms with E-state index in [1.807, 2.05) is 0 Å². The molecule has 0 aliphatic rings. The SMILES string of the molecule is CCN(C(C)C)S(=O)(=O)c1ccc(F)c(C(N)=S)c1.